The second-order valence-electron chi connectivity index (χ2n) is 5.34. The Hall–Kier alpha value is -2.00. The average Bonchev–Trinajstić information content (AvgIpc) is 2.53. The van der Waals surface area contributed by atoms with Gasteiger partial charge in [-0.05, 0) is 24.1 Å². The Morgan fingerprint density at radius 2 is 1.69 bits per heavy atom. The van der Waals surface area contributed by atoms with Crippen molar-refractivity contribution in [3.8, 4) is 11.5 Å². The van der Waals surface area contributed by atoms with Gasteiger partial charge in [-0.25, -0.2) is 9.79 Å². The molecule has 0 aliphatic rings. The Bertz CT molecular complexity index is 614. The van der Waals surface area contributed by atoms with Gasteiger partial charge in [0.05, 0.1) is 6.54 Å². The molecule has 0 N–H and O–H groups in total. The SMILES string of the molecule is O=C=NCCC[SiH2]Cc1cccc(OCC(F)(F)F)c1OCC(F)(F)F. The van der Waals surface area contributed by atoms with E-state index in [2.05, 4.69) is 9.73 Å². The predicted octanol–water partition coefficient (Wildman–Crippen LogP) is 3.38. The minimum Gasteiger partial charge on any atom is -0.480 e. The number of benzene rings is 1. The molecule has 0 radical (unpaired) electrons. The molecule has 0 bridgehead atoms. The number of halogens is 6. The van der Waals surface area contributed by atoms with Crippen LogP contribution in [0.15, 0.2) is 23.2 Å². The van der Waals surface area contributed by atoms with Crippen molar-refractivity contribution in [1.29, 1.82) is 0 Å². The highest BCUT2D eigenvalue weighted by molar-refractivity contribution is 6.35. The van der Waals surface area contributed by atoms with Crippen LogP contribution in [0.5, 0.6) is 11.5 Å². The third-order valence-electron chi connectivity index (χ3n) is 3.11. The predicted molar refractivity (Wildman–Crippen MR) is 84.2 cm³/mol. The molecule has 1 aromatic rings. The first-order valence-corrected chi connectivity index (χ1v) is 9.67. The lowest BCUT2D eigenvalue weighted by Crippen LogP contribution is -2.22. The maximum atomic E-state index is 12.4. The van der Waals surface area contributed by atoms with Crippen molar-refractivity contribution in [3.63, 3.8) is 0 Å². The van der Waals surface area contributed by atoms with Gasteiger partial charge >= 0.3 is 12.4 Å². The van der Waals surface area contributed by atoms with Crippen LogP contribution in [0.2, 0.25) is 6.04 Å². The van der Waals surface area contributed by atoms with Gasteiger partial charge in [0.1, 0.15) is 0 Å². The van der Waals surface area contributed by atoms with Crippen LogP contribution in [0.3, 0.4) is 0 Å². The van der Waals surface area contributed by atoms with Crippen LogP contribution < -0.4 is 9.47 Å². The second-order valence-corrected chi connectivity index (χ2v) is 7.25. The molecule has 0 heterocycles. The van der Waals surface area contributed by atoms with Gasteiger partial charge in [-0.1, -0.05) is 18.2 Å². The molecule has 0 aliphatic heterocycles. The van der Waals surface area contributed by atoms with E-state index in [1.807, 2.05) is 0 Å². The Kier molecular flexibility index (Phi) is 8.66. The molecule has 0 fully saturated rings. The quantitative estimate of drug-likeness (QED) is 0.199. The van der Waals surface area contributed by atoms with Crippen LogP contribution in [0.1, 0.15) is 12.0 Å². The first-order chi connectivity index (χ1) is 12.1. The lowest BCUT2D eigenvalue weighted by atomic mass is 10.2. The summed E-state index contributed by atoms with van der Waals surface area (Å²) in [6, 6.07) is 5.23. The van der Waals surface area contributed by atoms with Gasteiger partial charge in [-0.15, -0.1) is 0 Å². The zero-order valence-corrected chi connectivity index (χ0v) is 15.0. The lowest BCUT2D eigenvalue weighted by Gasteiger charge is -2.18. The van der Waals surface area contributed by atoms with E-state index in [1.165, 1.54) is 18.2 Å². The molecule has 0 aromatic heterocycles. The molecule has 1 aromatic carbocycles. The number of isocyanates is 1. The van der Waals surface area contributed by atoms with Crippen molar-refractivity contribution in [2.75, 3.05) is 19.8 Å². The largest absolute Gasteiger partial charge is 0.480 e. The number of nitrogens with zero attached hydrogens (tertiary/aromatic N) is 1. The maximum absolute atomic E-state index is 12.4. The van der Waals surface area contributed by atoms with Crippen LogP contribution >= 0.6 is 0 Å². The summed E-state index contributed by atoms with van der Waals surface area (Å²) < 4.78 is 83.6. The number of carbonyl (C=O) groups excluding carboxylic acids is 1. The summed E-state index contributed by atoms with van der Waals surface area (Å²) >= 11 is 0. The lowest BCUT2D eigenvalue weighted by molar-refractivity contribution is -0.158. The summed E-state index contributed by atoms with van der Waals surface area (Å²) in [6.45, 7) is -2.93. The molecule has 0 saturated carbocycles. The van der Waals surface area contributed by atoms with Gasteiger partial charge < -0.3 is 9.47 Å². The van der Waals surface area contributed by atoms with Crippen LogP contribution in [0, 0.1) is 0 Å². The van der Waals surface area contributed by atoms with E-state index >= 15 is 0 Å². The first-order valence-electron chi connectivity index (χ1n) is 7.67. The average molecular weight is 401 g/mol. The normalized spacial score (nSPS) is 12.2. The van der Waals surface area contributed by atoms with Crippen LogP contribution in [-0.2, 0) is 10.8 Å². The number of aliphatic imine (C=N–C) groups is 1. The van der Waals surface area contributed by atoms with Crippen molar-refractivity contribution in [1.82, 2.24) is 0 Å². The molecular weight excluding hydrogens is 384 g/mol. The highest BCUT2D eigenvalue weighted by Gasteiger charge is 2.31. The molecule has 0 atom stereocenters. The molecule has 0 spiro atoms. The minimum absolute atomic E-state index is 0.313. The smallest absolute Gasteiger partial charge is 0.422 e. The van der Waals surface area contributed by atoms with Crippen molar-refractivity contribution in [3.05, 3.63) is 23.8 Å². The molecule has 0 saturated heterocycles. The highest BCUT2D eigenvalue weighted by Crippen LogP contribution is 2.34. The Morgan fingerprint density at radius 3 is 2.31 bits per heavy atom. The number of para-hydroxylation sites is 1. The number of rotatable bonds is 10. The second kappa shape index (κ2) is 10.2. The summed E-state index contributed by atoms with van der Waals surface area (Å²) in [7, 11) is -0.774. The Labute approximate surface area is 148 Å². The summed E-state index contributed by atoms with van der Waals surface area (Å²) in [5, 5.41) is 0. The van der Waals surface area contributed by atoms with Gasteiger partial charge in [0.25, 0.3) is 0 Å². The van der Waals surface area contributed by atoms with Gasteiger partial charge in [0.2, 0.25) is 6.08 Å². The summed E-state index contributed by atoms with van der Waals surface area (Å²) in [5.74, 6) is -0.684. The molecule has 4 nitrogen and oxygen atoms in total. The number of alkyl halides is 6. The van der Waals surface area contributed by atoms with E-state index in [1.54, 1.807) is 0 Å². The summed E-state index contributed by atoms with van der Waals surface area (Å²) in [5.41, 5.74) is 0.375. The van der Waals surface area contributed by atoms with E-state index in [9.17, 15) is 31.1 Å². The minimum atomic E-state index is -4.63. The van der Waals surface area contributed by atoms with Crippen molar-refractivity contribution < 1.29 is 40.6 Å². The third-order valence-corrected chi connectivity index (χ3v) is 5.00. The number of ether oxygens (including phenoxy) is 2. The Morgan fingerprint density at radius 1 is 1.04 bits per heavy atom. The summed E-state index contributed by atoms with van der Waals surface area (Å²) in [6.07, 6.45) is -7.20. The molecule has 0 amide bonds. The van der Waals surface area contributed by atoms with Crippen LogP contribution in [0.4, 0.5) is 26.3 Å². The van der Waals surface area contributed by atoms with Crippen molar-refractivity contribution >= 4 is 15.6 Å². The van der Waals surface area contributed by atoms with Crippen molar-refractivity contribution in [2.45, 2.75) is 30.9 Å². The number of hydrogen-bond donors (Lipinski definition) is 0. The highest BCUT2D eigenvalue weighted by atomic mass is 28.2. The van der Waals surface area contributed by atoms with Gasteiger partial charge in [0, 0.05) is 9.52 Å². The topological polar surface area (TPSA) is 47.9 Å². The van der Waals surface area contributed by atoms with E-state index in [0.717, 1.165) is 12.1 Å². The fourth-order valence-corrected chi connectivity index (χ4v) is 3.68. The van der Waals surface area contributed by atoms with Crippen molar-refractivity contribution in [2.24, 2.45) is 4.99 Å². The molecule has 146 valence electrons. The molecule has 11 heteroatoms. The van der Waals surface area contributed by atoms with Gasteiger partial charge in [0.15, 0.2) is 24.7 Å². The zero-order valence-electron chi connectivity index (χ0n) is 13.6. The molecule has 0 unspecified atom stereocenters. The fraction of sp³-hybridized carbons (Fsp3) is 0.533. The standard InChI is InChI=1S/C15H17F6NO3Si/c16-14(17,18)8-24-12-4-1-3-11(7-26-6-2-5-22-10-23)13(12)25-9-15(19,20)21/h1,3-4H,2,5-9,26H2. The fourth-order valence-electron chi connectivity index (χ4n) is 2.08. The first kappa shape index (κ1) is 22.0. The van der Waals surface area contributed by atoms with Crippen LogP contribution in [-0.4, -0.2) is 47.7 Å². The maximum Gasteiger partial charge on any atom is 0.422 e. The summed E-state index contributed by atoms with van der Waals surface area (Å²) in [4.78, 5) is 13.3. The monoisotopic (exact) mass is 401 g/mol. The van der Waals surface area contributed by atoms with Crippen LogP contribution in [0.25, 0.3) is 0 Å². The molecule has 1 rings (SSSR count). The van der Waals surface area contributed by atoms with Gasteiger partial charge in [-0.2, -0.15) is 26.3 Å². The van der Waals surface area contributed by atoms with E-state index in [4.69, 9.17) is 4.74 Å². The van der Waals surface area contributed by atoms with E-state index < -0.39 is 35.1 Å². The Balaban J connectivity index is 2.83. The van der Waals surface area contributed by atoms with E-state index in [0.29, 0.717) is 24.6 Å². The third kappa shape index (κ3) is 9.47. The molecular formula is C15H17F6NO3Si. The zero-order chi connectivity index (χ0) is 19.6. The number of hydrogen-bond acceptors (Lipinski definition) is 4. The molecule has 26 heavy (non-hydrogen) atoms. The molecule has 0 aliphatic carbocycles. The van der Waals surface area contributed by atoms with Gasteiger partial charge in [-0.3, -0.25) is 0 Å². The van der Waals surface area contributed by atoms with E-state index in [-0.39, 0.29) is 11.5 Å².